The van der Waals surface area contributed by atoms with Crippen molar-refractivity contribution in [3.8, 4) is 11.5 Å². The van der Waals surface area contributed by atoms with E-state index in [0.29, 0.717) is 35.6 Å². The molecule has 0 spiro atoms. The molecule has 6 nitrogen and oxygen atoms in total. The average Bonchev–Trinajstić information content (AvgIpc) is 3.34. The second-order valence-electron chi connectivity index (χ2n) is 7.65. The minimum absolute atomic E-state index is 0.0725. The van der Waals surface area contributed by atoms with Crippen LogP contribution in [0.2, 0.25) is 0 Å². The highest BCUT2D eigenvalue weighted by atomic mass is 32.1. The lowest BCUT2D eigenvalue weighted by atomic mass is 9.95. The quantitative estimate of drug-likeness (QED) is 0.571. The van der Waals surface area contributed by atoms with Crippen molar-refractivity contribution in [2.75, 3.05) is 19.7 Å². The molecule has 4 rings (SSSR count). The molecule has 1 aromatic heterocycles. The number of hydrogen-bond acceptors (Lipinski definition) is 7. The molecule has 1 fully saturated rings. The second kappa shape index (κ2) is 8.62. The van der Waals surface area contributed by atoms with Crippen LogP contribution in [0.4, 0.5) is 0 Å². The number of ketones is 1. The van der Waals surface area contributed by atoms with Gasteiger partial charge in [-0.25, -0.2) is 0 Å². The highest BCUT2D eigenvalue weighted by Gasteiger charge is 2.34. The summed E-state index contributed by atoms with van der Waals surface area (Å²) in [4.78, 5) is 28.0. The van der Waals surface area contributed by atoms with Crippen molar-refractivity contribution in [3.05, 3.63) is 50.9 Å². The summed E-state index contributed by atoms with van der Waals surface area (Å²) in [6, 6.07) is 5.48. The Bertz CT molecular complexity index is 988. The average molecular weight is 428 g/mol. The van der Waals surface area contributed by atoms with Gasteiger partial charge in [-0.2, -0.15) is 0 Å². The summed E-state index contributed by atoms with van der Waals surface area (Å²) in [5, 5.41) is 12.6. The zero-order chi connectivity index (χ0) is 21.3. The number of carbonyl (C=O) groups excluding carboxylic acids is 2. The van der Waals surface area contributed by atoms with Crippen LogP contribution in [0.25, 0.3) is 6.08 Å². The smallest absolute Gasteiger partial charge is 0.309 e. The largest absolute Gasteiger partial charge is 0.507 e. The van der Waals surface area contributed by atoms with Crippen LogP contribution in [-0.2, 0) is 16.1 Å². The van der Waals surface area contributed by atoms with Crippen LogP contribution >= 0.6 is 11.3 Å². The lowest BCUT2D eigenvalue weighted by Gasteiger charge is -2.31. The zero-order valence-electron chi connectivity index (χ0n) is 17.1. The van der Waals surface area contributed by atoms with Crippen LogP contribution in [-0.4, -0.2) is 41.5 Å². The Balaban J connectivity index is 1.54. The molecular formula is C23H25NO5S. The third kappa shape index (κ3) is 4.00. The molecule has 0 atom stereocenters. The summed E-state index contributed by atoms with van der Waals surface area (Å²) >= 11 is 1.53. The minimum atomic E-state index is -0.154. The van der Waals surface area contributed by atoms with Crippen LogP contribution in [0.3, 0.4) is 0 Å². The van der Waals surface area contributed by atoms with Gasteiger partial charge in [-0.15, -0.1) is 11.3 Å². The summed E-state index contributed by atoms with van der Waals surface area (Å²) in [6.45, 7) is 5.92. The summed E-state index contributed by atoms with van der Waals surface area (Å²) < 4.78 is 11.1. The Hall–Kier alpha value is -2.64. The van der Waals surface area contributed by atoms with Crippen molar-refractivity contribution >= 4 is 29.2 Å². The molecule has 0 aliphatic carbocycles. The monoisotopic (exact) mass is 427 g/mol. The number of thiophene rings is 1. The molecule has 2 aliphatic rings. The number of esters is 1. The molecule has 158 valence electrons. The maximum absolute atomic E-state index is 12.9. The van der Waals surface area contributed by atoms with E-state index in [1.165, 1.54) is 11.3 Å². The third-order valence-corrected chi connectivity index (χ3v) is 6.45. The van der Waals surface area contributed by atoms with Gasteiger partial charge in [0.25, 0.3) is 0 Å². The molecule has 3 heterocycles. The molecule has 1 saturated heterocycles. The van der Waals surface area contributed by atoms with Gasteiger partial charge in [0.2, 0.25) is 5.78 Å². The number of likely N-dealkylation sites (tertiary alicyclic amines) is 1. The second-order valence-corrected chi connectivity index (χ2v) is 8.63. The number of carbonyl (C=O) groups is 2. The Morgan fingerprint density at radius 2 is 2.17 bits per heavy atom. The van der Waals surface area contributed by atoms with Crippen molar-refractivity contribution in [2.24, 2.45) is 5.92 Å². The van der Waals surface area contributed by atoms with Crippen molar-refractivity contribution in [1.29, 1.82) is 0 Å². The molecule has 0 amide bonds. The number of rotatable bonds is 5. The molecular weight excluding hydrogens is 402 g/mol. The molecule has 30 heavy (non-hydrogen) atoms. The van der Waals surface area contributed by atoms with E-state index in [0.717, 1.165) is 30.8 Å². The SMILES string of the molecule is CCOC(=O)C1CCN(Cc2c(O)cc(C)c3c2O/C(=C/c2cccs2)C3=O)CC1. The normalized spacial score (nSPS) is 18.5. The lowest BCUT2D eigenvalue weighted by molar-refractivity contribution is -0.149. The van der Waals surface area contributed by atoms with Crippen LogP contribution in [0.15, 0.2) is 29.3 Å². The van der Waals surface area contributed by atoms with Crippen molar-refractivity contribution in [3.63, 3.8) is 0 Å². The number of Topliss-reactive ketones (excluding diaryl/α,β-unsaturated/α-hetero) is 1. The number of hydrogen-bond donors (Lipinski definition) is 1. The van der Waals surface area contributed by atoms with Gasteiger partial charge < -0.3 is 14.6 Å². The van der Waals surface area contributed by atoms with Gasteiger partial charge >= 0.3 is 5.97 Å². The predicted octanol–water partition coefficient (Wildman–Crippen LogP) is 4.15. The summed E-state index contributed by atoms with van der Waals surface area (Å²) in [7, 11) is 0. The van der Waals surface area contributed by atoms with Crippen LogP contribution in [0.5, 0.6) is 11.5 Å². The number of phenols is 1. The topological polar surface area (TPSA) is 76.1 Å². The first-order chi connectivity index (χ1) is 14.5. The molecule has 0 radical (unpaired) electrons. The molecule has 0 bridgehead atoms. The van der Waals surface area contributed by atoms with Gasteiger partial charge in [-0.05, 0) is 62.9 Å². The maximum Gasteiger partial charge on any atom is 0.309 e. The van der Waals surface area contributed by atoms with Gasteiger partial charge in [-0.1, -0.05) is 6.07 Å². The van der Waals surface area contributed by atoms with Crippen LogP contribution in [0, 0.1) is 12.8 Å². The van der Waals surface area contributed by atoms with E-state index in [1.54, 1.807) is 12.1 Å². The van der Waals surface area contributed by atoms with Gasteiger partial charge in [-0.3, -0.25) is 14.5 Å². The Kier molecular flexibility index (Phi) is 5.92. The van der Waals surface area contributed by atoms with E-state index in [1.807, 2.05) is 31.4 Å². The van der Waals surface area contributed by atoms with E-state index in [4.69, 9.17) is 9.47 Å². The number of piperidine rings is 1. The zero-order valence-corrected chi connectivity index (χ0v) is 18.0. The minimum Gasteiger partial charge on any atom is -0.507 e. The number of fused-ring (bicyclic) bond motifs is 1. The number of phenolic OH excluding ortho intramolecular Hbond substituents is 1. The van der Waals surface area contributed by atoms with Crippen LogP contribution < -0.4 is 4.74 Å². The number of ether oxygens (including phenoxy) is 2. The standard InChI is InChI=1S/C23H25NO5S/c1-3-28-23(27)15-6-8-24(9-7-15)13-17-18(25)11-14(2)20-21(26)19(29-22(17)20)12-16-5-4-10-30-16/h4-5,10-12,15,25H,3,6-9,13H2,1-2H3/b19-12+. The lowest BCUT2D eigenvalue weighted by Crippen LogP contribution is -2.36. The first-order valence-corrected chi connectivity index (χ1v) is 11.1. The predicted molar refractivity (Wildman–Crippen MR) is 115 cm³/mol. The number of benzene rings is 1. The highest BCUT2D eigenvalue weighted by molar-refractivity contribution is 7.10. The Labute approximate surface area is 179 Å². The highest BCUT2D eigenvalue weighted by Crippen LogP contribution is 2.42. The number of nitrogens with zero attached hydrogens (tertiary/aromatic N) is 1. The molecule has 0 saturated carbocycles. The van der Waals surface area contributed by atoms with Gasteiger partial charge in [0.1, 0.15) is 11.5 Å². The number of aromatic hydroxyl groups is 1. The van der Waals surface area contributed by atoms with E-state index in [2.05, 4.69) is 4.90 Å². The van der Waals surface area contributed by atoms with E-state index in [9.17, 15) is 14.7 Å². The van der Waals surface area contributed by atoms with Crippen molar-refractivity contribution in [1.82, 2.24) is 4.90 Å². The number of allylic oxidation sites excluding steroid dienone is 1. The number of aryl methyl sites for hydroxylation is 1. The first-order valence-electron chi connectivity index (χ1n) is 10.2. The van der Waals surface area contributed by atoms with Crippen molar-refractivity contribution < 1.29 is 24.2 Å². The fourth-order valence-electron chi connectivity index (χ4n) is 4.05. The fourth-order valence-corrected chi connectivity index (χ4v) is 4.69. The molecule has 7 heteroatoms. The molecule has 2 aromatic rings. The van der Waals surface area contributed by atoms with E-state index < -0.39 is 0 Å². The summed E-state index contributed by atoms with van der Waals surface area (Å²) in [5.74, 6) is 0.503. The molecule has 1 aromatic carbocycles. The van der Waals surface area contributed by atoms with E-state index in [-0.39, 0.29) is 29.2 Å². The first kappa shape index (κ1) is 20.6. The Morgan fingerprint density at radius 1 is 1.40 bits per heavy atom. The van der Waals surface area contributed by atoms with Crippen LogP contribution in [0.1, 0.15) is 46.1 Å². The Morgan fingerprint density at radius 3 is 2.83 bits per heavy atom. The fraction of sp³-hybridized carbons (Fsp3) is 0.391. The van der Waals surface area contributed by atoms with Gasteiger partial charge in [0.15, 0.2) is 5.76 Å². The van der Waals surface area contributed by atoms with E-state index >= 15 is 0 Å². The summed E-state index contributed by atoms with van der Waals surface area (Å²) in [6.07, 6.45) is 3.19. The summed E-state index contributed by atoms with van der Waals surface area (Å²) in [5.41, 5.74) is 1.84. The van der Waals surface area contributed by atoms with Gasteiger partial charge in [0.05, 0.1) is 23.7 Å². The molecule has 2 aliphatic heterocycles. The van der Waals surface area contributed by atoms with Gasteiger partial charge in [0, 0.05) is 17.5 Å². The maximum atomic E-state index is 12.9. The molecule has 0 unspecified atom stereocenters. The van der Waals surface area contributed by atoms with Crippen molar-refractivity contribution in [2.45, 2.75) is 33.2 Å². The third-order valence-electron chi connectivity index (χ3n) is 5.63. The molecule has 1 N–H and O–H groups in total.